The fourth-order valence-corrected chi connectivity index (χ4v) is 4.37. The molecule has 0 saturated heterocycles. The monoisotopic (exact) mass is 421 g/mol. The lowest BCUT2D eigenvalue weighted by molar-refractivity contribution is -0.384. The molecule has 0 radical (unpaired) electrons. The van der Waals surface area contributed by atoms with E-state index in [2.05, 4.69) is 18.7 Å². The number of likely N-dealkylation sites (N-methyl/N-ethyl adjacent to an activating group) is 1. The van der Waals surface area contributed by atoms with Gasteiger partial charge in [0.25, 0.3) is 11.6 Å². The number of carbonyl (C=O) groups is 1. The number of hydrogen-bond donors (Lipinski definition) is 0. The van der Waals surface area contributed by atoms with Crippen molar-refractivity contribution >= 4 is 17.3 Å². The van der Waals surface area contributed by atoms with Gasteiger partial charge in [-0.05, 0) is 44.6 Å². The van der Waals surface area contributed by atoms with Gasteiger partial charge in [-0.2, -0.15) is 0 Å². The number of ether oxygens (including phenoxy) is 1. The molecule has 0 bridgehead atoms. The Labute approximate surface area is 182 Å². The molecule has 2 aliphatic heterocycles. The molecule has 4 rings (SSSR count). The summed E-state index contributed by atoms with van der Waals surface area (Å²) in [7, 11) is 0. The Morgan fingerprint density at radius 1 is 1.13 bits per heavy atom. The first-order valence-electron chi connectivity index (χ1n) is 10.6. The first kappa shape index (κ1) is 21.1. The zero-order valence-electron chi connectivity index (χ0n) is 18.3. The third kappa shape index (κ3) is 3.59. The third-order valence-corrected chi connectivity index (χ3v) is 6.17. The third-order valence-electron chi connectivity index (χ3n) is 6.17. The molecule has 7 nitrogen and oxygen atoms in total. The lowest BCUT2D eigenvalue weighted by Crippen LogP contribution is -2.43. The summed E-state index contributed by atoms with van der Waals surface area (Å²) in [6.07, 6.45) is 0. The number of nitro benzene ring substituents is 1. The summed E-state index contributed by atoms with van der Waals surface area (Å²) in [6, 6.07) is 12.2. The molecule has 0 unspecified atom stereocenters. The zero-order valence-corrected chi connectivity index (χ0v) is 18.3. The predicted octanol–water partition coefficient (Wildman–Crippen LogP) is 4.47. The maximum Gasteiger partial charge on any atom is 0.270 e. The number of carbonyl (C=O) groups excluding carboxylic acids is 1. The number of hydrogen-bond acceptors (Lipinski definition) is 5. The number of rotatable bonds is 6. The van der Waals surface area contributed by atoms with Crippen molar-refractivity contribution in [2.24, 2.45) is 0 Å². The van der Waals surface area contributed by atoms with Gasteiger partial charge < -0.3 is 9.64 Å². The van der Waals surface area contributed by atoms with Gasteiger partial charge >= 0.3 is 0 Å². The van der Waals surface area contributed by atoms with Crippen molar-refractivity contribution in [2.75, 3.05) is 19.6 Å². The minimum absolute atomic E-state index is 0.0223. The van der Waals surface area contributed by atoms with Crippen LogP contribution in [-0.2, 0) is 6.54 Å². The summed E-state index contributed by atoms with van der Waals surface area (Å²) < 4.78 is 6.31. The lowest BCUT2D eigenvalue weighted by Gasteiger charge is -2.41. The summed E-state index contributed by atoms with van der Waals surface area (Å²) in [6.45, 7) is 10.9. The van der Waals surface area contributed by atoms with Gasteiger partial charge in [0.05, 0.1) is 17.2 Å². The van der Waals surface area contributed by atoms with Crippen LogP contribution in [0.5, 0.6) is 5.75 Å². The van der Waals surface area contributed by atoms with Crippen LogP contribution in [-0.4, -0.2) is 45.9 Å². The molecule has 2 heterocycles. The molecule has 31 heavy (non-hydrogen) atoms. The van der Waals surface area contributed by atoms with E-state index in [1.54, 1.807) is 11.0 Å². The molecular formula is C24H27N3O4. The second-order valence-electron chi connectivity index (χ2n) is 8.39. The normalized spacial score (nSPS) is 16.9. The fourth-order valence-electron chi connectivity index (χ4n) is 4.37. The first-order valence-corrected chi connectivity index (χ1v) is 10.6. The highest BCUT2D eigenvalue weighted by Gasteiger charge is 2.42. The van der Waals surface area contributed by atoms with Crippen molar-refractivity contribution in [3.63, 3.8) is 0 Å². The molecule has 2 aromatic rings. The number of nitrogens with zero attached hydrogens (tertiary/aromatic N) is 3. The van der Waals surface area contributed by atoms with Gasteiger partial charge in [-0.25, -0.2) is 0 Å². The average molecular weight is 421 g/mol. The standard InChI is InChI=1S/C24H27N3O4/c1-5-25(6-2)15-20-22(26-14-16-9-7-8-10-18(16)23(26)28)19-13-17(27(29)30)11-12-21(19)31-24(20,3)4/h7-13H,5-6,14-15H2,1-4H3. The van der Waals surface area contributed by atoms with E-state index in [9.17, 15) is 14.9 Å². The highest BCUT2D eigenvalue weighted by atomic mass is 16.6. The van der Waals surface area contributed by atoms with Crippen LogP contribution in [0.15, 0.2) is 48.0 Å². The number of non-ortho nitro benzene ring substituents is 1. The molecule has 0 fully saturated rings. The van der Waals surface area contributed by atoms with Gasteiger partial charge in [-0.1, -0.05) is 32.0 Å². The Kier molecular flexibility index (Phi) is 5.31. The zero-order chi connectivity index (χ0) is 22.3. The summed E-state index contributed by atoms with van der Waals surface area (Å²) in [4.78, 5) is 28.5. The van der Waals surface area contributed by atoms with Gasteiger partial charge in [0, 0.05) is 35.4 Å². The molecule has 1 amide bonds. The predicted molar refractivity (Wildman–Crippen MR) is 119 cm³/mol. The van der Waals surface area contributed by atoms with Crippen LogP contribution in [0.25, 0.3) is 5.70 Å². The Bertz CT molecular complexity index is 1090. The Morgan fingerprint density at radius 2 is 1.84 bits per heavy atom. The molecule has 0 atom stereocenters. The second-order valence-corrected chi connectivity index (χ2v) is 8.39. The van der Waals surface area contributed by atoms with Crippen molar-refractivity contribution in [1.29, 1.82) is 0 Å². The molecule has 2 aromatic carbocycles. The van der Waals surface area contributed by atoms with Crippen LogP contribution in [0.2, 0.25) is 0 Å². The number of benzene rings is 2. The largest absolute Gasteiger partial charge is 0.483 e. The fraction of sp³-hybridized carbons (Fsp3) is 0.375. The molecular weight excluding hydrogens is 394 g/mol. The van der Waals surface area contributed by atoms with Crippen molar-refractivity contribution in [3.05, 3.63) is 74.8 Å². The van der Waals surface area contributed by atoms with Crippen LogP contribution in [0.4, 0.5) is 5.69 Å². The molecule has 0 aliphatic carbocycles. The van der Waals surface area contributed by atoms with E-state index in [0.717, 1.165) is 29.9 Å². The van der Waals surface area contributed by atoms with Gasteiger partial charge in [0.1, 0.15) is 11.4 Å². The van der Waals surface area contributed by atoms with Crippen molar-refractivity contribution in [2.45, 2.75) is 39.8 Å². The molecule has 0 aromatic heterocycles. The average Bonchev–Trinajstić information content (AvgIpc) is 3.07. The summed E-state index contributed by atoms with van der Waals surface area (Å²) in [5.74, 6) is 0.468. The van der Waals surface area contributed by atoms with Crippen LogP contribution in [0.3, 0.4) is 0 Å². The van der Waals surface area contributed by atoms with Crippen LogP contribution >= 0.6 is 0 Å². The van der Waals surface area contributed by atoms with Crippen LogP contribution < -0.4 is 4.74 Å². The summed E-state index contributed by atoms with van der Waals surface area (Å²) in [5.41, 5.74) is 3.21. The highest BCUT2D eigenvalue weighted by molar-refractivity contribution is 6.04. The van der Waals surface area contributed by atoms with Gasteiger partial charge in [-0.15, -0.1) is 0 Å². The minimum atomic E-state index is -0.671. The Hall–Kier alpha value is -3.19. The van der Waals surface area contributed by atoms with E-state index < -0.39 is 10.5 Å². The maximum atomic E-state index is 13.4. The Morgan fingerprint density at radius 3 is 2.48 bits per heavy atom. The maximum absolute atomic E-state index is 13.4. The van der Waals surface area contributed by atoms with Crippen molar-refractivity contribution in [3.8, 4) is 5.75 Å². The van der Waals surface area contributed by atoms with E-state index in [0.29, 0.717) is 30.0 Å². The minimum Gasteiger partial charge on any atom is -0.483 e. The highest BCUT2D eigenvalue weighted by Crippen LogP contribution is 2.46. The second kappa shape index (κ2) is 7.81. The van der Waals surface area contributed by atoms with Gasteiger partial charge in [0.15, 0.2) is 0 Å². The Balaban J connectivity index is 1.94. The van der Waals surface area contributed by atoms with E-state index in [-0.39, 0.29) is 11.6 Å². The smallest absolute Gasteiger partial charge is 0.270 e. The quantitative estimate of drug-likeness (QED) is 0.508. The summed E-state index contributed by atoms with van der Waals surface area (Å²) in [5, 5.41) is 11.5. The van der Waals surface area contributed by atoms with Crippen LogP contribution in [0.1, 0.15) is 49.2 Å². The van der Waals surface area contributed by atoms with Gasteiger partial charge in [-0.3, -0.25) is 19.8 Å². The van der Waals surface area contributed by atoms with Crippen molar-refractivity contribution < 1.29 is 14.5 Å². The number of amides is 1. The summed E-state index contributed by atoms with van der Waals surface area (Å²) >= 11 is 0. The van der Waals surface area contributed by atoms with E-state index >= 15 is 0 Å². The molecule has 7 heteroatoms. The number of nitro groups is 1. The molecule has 2 aliphatic rings. The van der Waals surface area contributed by atoms with E-state index in [1.807, 2.05) is 38.1 Å². The first-order chi connectivity index (χ1) is 14.8. The molecule has 0 saturated carbocycles. The lowest BCUT2D eigenvalue weighted by atomic mass is 9.88. The van der Waals surface area contributed by atoms with Crippen LogP contribution in [0, 0.1) is 10.1 Å². The molecule has 0 N–H and O–H groups in total. The van der Waals surface area contributed by atoms with Gasteiger partial charge in [0.2, 0.25) is 0 Å². The molecule has 162 valence electrons. The number of fused-ring (bicyclic) bond motifs is 2. The SMILES string of the molecule is CCN(CC)CC1=C(N2Cc3ccccc3C2=O)c2cc([N+](=O)[O-])ccc2OC1(C)C. The topological polar surface area (TPSA) is 75.9 Å². The van der Waals surface area contributed by atoms with E-state index in [4.69, 9.17) is 4.74 Å². The van der Waals surface area contributed by atoms with E-state index in [1.165, 1.54) is 12.1 Å². The van der Waals surface area contributed by atoms with Crippen molar-refractivity contribution in [1.82, 2.24) is 9.80 Å². The molecule has 0 spiro atoms.